The van der Waals surface area contributed by atoms with Gasteiger partial charge >= 0.3 is 12.1 Å². The number of hydrogen-bond acceptors (Lipinski definition) is 8. The fourth-order valence-corrected chi connectivity index (χ4v) is 2.57. The average Bonchev–Trinajstić information content (AvgIpc) is 3.01. The predicted octanol–water partition coefficient (Wildman–Crippen LogP) is 2.50. The minimum atomic E-state index is -0.699. The van der Waals surface area contributed by atoms with Crippen molar-refractivity contribution in [3.05, 3.63) is 29.8 Å². The third-order valence-corrected chi connectivity index (χ3v) is 3.62. The van der Waals surface area contributed by atoms with Crippen LogP contribution in [0.15, 0.2) is 24.3 Å². The summed E-state index contributed by atoms with van der Waals surface area (Å²) in [6.45, 7) is 5.61. The van der Waals surface area contributed by atoms with Crippen molar-refractivity contribution in [2.75, 3.05) is 6.54 Å². The van der Waals surface area contributed by atoms with Crippen LogP contribution in [0.3, 0.4) is 0 Å². The Morgan fingerprint density at radius 2 is 2.04 bits per heavy atom. The number of carbonyl (C=O) groups is 2. The molecule has 9 heteroatoms. The molecule has 1 heterocycles. The number of hydrogen-bond donors (Lipinski definition) is 2. The number of esters is 1. The molecule has 1 aromatic rings. The van der Waals surface area contributed by atoms with Gasteiger partial charge in [0.2, 0.25) is 0 Å². The van der Waals surface area contributed by atoms with Crippen LogP contribution in [-0.4, -0.2) is 51.0 Å². The van der Waals surface area contributed by atoms with Crippen LogP contribution in [0.1, 0.15) is 39.2 Å². The molecule has 1 aliphatic heterocycles. The minimum Gasteiger partial charge on any atom is -0.444 e. The Hall–Kier alpha value is -2.20. The van der Waals surface area contributed by atoms with Gasteiger partial charge in [-0.05, 0) is 51.3 Å². The van der Waals surface area contributed by atoms with E-state index in [1.54, 1.807) is 39.0 Å². The lowest BCUT2D eigenvalue weighted by atomic mass is 10.2. The molecule has 0 radical (unpaired) electrons. The highest BCUT2D eigenvalue weighted by atomic mass is 17.1. The number of benzene rings is 1. The summed E-state index contributed by atoms with van der Waals surface area (Å²) in [5, 5.41) is 16.7. The molecule has 1 fully saturated rings. The quantitative estimate of drug-likeness (QED) is 0.464. The molecule has 2 rings (SSSR count). The summed E-state index contributed by atoms with van der Waals surface area (Å²) in [5.41, 5.74) is -0.0747. The van der Waals surface area contributed by atoms with Gasteiger partial charge in [0.15, 0.2) is 0 Å². The standard InChI is InChI=1S/C17H24N2O7/c1-17(2,3)26-16(21)18-9-5-8-14(18)15(20)25-13-7-4-6-12(10-13)11-24-19(22)23/h4,6-7,10,14,22-23H,5,8-9,11H2,1-3H3. The fourth-order valence-electron chi connectivity index (χ4n) is 2.57. The maximum absolute atomic E-state index is 12.5. The Balaban J connectivity index is 2.00. The number of nitrogens with zero attached hydrogens (tertiary/aromatic N) is 2. The van der Waals surface area contributed by atoms with Gasteiger partial charge in [0, 0.05) is 6.54 Å². The first-order valence-electron chi connectivity index (χ1n) is 8.27. The third kappa shape index (κ3) is 5.95. The summed E-state index contributed by atoms with van der Waals surface area (Å²) >= 11 is 0. The topological polar surface area (TPSA) is 109 Å². The zero-order valence-corrected chi connectivity index (χ0v) is 15.0. The molecule has 0 aromatic heterocycles. The maximum Gasteiger partial charge on any atom is 0.411 e. The predicted molar refractivity (Wildman–Crippen MR) is 88.2 cm³/mol. The zero-order valence-electron chi connectivity index (χ0n) is 15.0. The van der Waals surface area contributed by atoms with Gasteiger partial charge in [-0.2, -0.15) is 0 Å². The number of rotatable bonds is 5. The molecule has 2 N–H and O–H groups in total. The van der Waals surface area contributed by atoms with Gasteiger partial charge in [0.05, 0.1) is 12.0 Å². The molecule has 1 unspecified atom stereocenters. The van der Waals surface area contributed by atoms with Gasteiger partial charge in [-0.1, -0.05) is 12.1 Å². The maximum atomic E-state index is 12.5. The second-order valence-corrected chi connectivity index (χ2v) is 6.93. The fraction of sp³-hybridized carbons (Fsp3) is 0.529. The molecule has 0 spiro atoms. The van der Waals surface area contributed by atoms with E-state index in [1.807, 2.05) is 0 Å². The van der Waals surface area contributed by atoms with Crippen molar-refractivity contribution in [2.45, 2.75) is 51.9 Å². The summed E-state index contributed by atoms with van der Waals surface area (Å²) in [7, 11) is 0. The summed E-state index contributed by atoms with van der Waals surface area (Å²) < 4.78 is 10.7. The first-order valence-corrected chi connectivity index (χ1v) is 8.27. The first-order chi connectivity index (χ1) is 12.2. The molecule has 144 valence electrons. The largest absolute Gasteiger partial charge is 0.444 e. The number of likely N-dealkylation sites (tertiary alicyclic amines) is 1. The van der Waals surface area contributed by atoms with E-state index in [4.69, 9.17) is 19.9 Å². The molecular weight excluding hydrogens is 344 g/mol. The summed E-state index contributed by atoms with van der Waals surface area (Å²) in [6, 6.07) is 5.73. The van der Waals surface area contributed by atoms with Crippen LogP contribution in [0.4, 0.5) is 4.79 Å². The van der Waals surface area contributed by atoms with Crippen LogP contribution < -0.4 is 4.74 Å². The highest BCUT2D eigenvalue weighted by Gasteiger charge is 2.37. The molecule has 1 aromatic carbocycles. The summed E-state index contributed by atoms with van der Waals surface area (Å²) in [6.07, 6.45) is 0.658. The van der Waals surface area contributed by atoms with E-state index in [2.05, 4.69) is 4.84 Å². The normalized spacial score (nSPS) is 17.5. The van der Waals surface area contributed by atoms with Crippen LogP contribution in [-0.2, 0) is 21.0 Å². The average molecular weight is 368 g/mol. The van der Waals surface area contributed by atoms with E-state index >= 15 is 0 Å². The minimum absolute atomic E-state index is 0.119. The van der Waals surface area contributed by atoms with E-state index in [1.165, 1.54) is 11.0 Å². The van der Waals surface area contributed by atoms with Gasteiger partial charge in [-0.25, -0.2) is 14.4 Å². The highest BCUT2D eigenvalue weighted by molar-refractivity contribution is 5.83. The Morgan fingerprint density at radius 3 is 2.69 bits per heavy atom. The first kappa shape index (κ1) is 20.1. The molecule has 9 nitrogen and oxygen atoms in total. The molecule has 0 aliphatic carbocycles. The Morgan fingerprint density at radius 1 is 1.31 bits per heavy atom. The van der Waals surface area contributed by atoms with Crippen molar-refractivity contribution < 1.29 is 34.3 Å². The molecule has 26 heavy (non-hydrogen) atoms. The van der Waals surface area contributed by atoms with Crippen molar-refractivity contribution >= 4 is 12.1 Å². The second kappa shape index (κ2) is 8.45. The molecular formula is C17H24N2O7. The number of ether oxygens (including phenoxy) is 2. The van der Waals surface area contributed by atoms with Crippen molar-refractivity contribution in [1.82, 2.24) is 10.3 Å². The lowest BCUT2D eigenvalue weighted by Crippen LogP contribution is -2.44. The van der Waals surface area contributed by atoms with E-state index in [9.17, 15) is 9.59 Å². The van der Waals surface area contributed by atoms with Crippen LogP contribution in [0, 0.1) is 0 Å². The highest BCUT2D eigenvalue weighted by Crippen LogP contribution is 2.23. The smallest absolute Gasteiger partial charge is 0.411 e. The van der Waals surface area contributed by atoms with Crippen molar-refractivity contribution in [3.8, 4) is 5.75 Å². The Kier molecular flexibility index (Phi) is 6.54. The third-order valence-electron chi connectivity index (χ3n) is 3.62. The summed E-state index contributed by atoms with van der Waals surface area (Å²) in [5.74, 6) is -0.271. The van der Waals surface area contributed by atoms with Gasteiger partial charge in [-0.15, -0.1) is 0 Å². The van der Waals surface area contributed by atoms with Crippen LogP contribution in [0.5, 0.6) is 5.75 Å². The molecule has 0 bridgehead atoms. The van der Waals surface area contributed by atoms with Gasteiger partial charge in [-0.3, -0.25) is 15.3 Å². The van der Waals surface area contributed by atoms with Crippen LogP contribution in [0.2, 0.25) is 0 Å². The lowest BCUT2D eigenvalue weighted by molar-refractivity contribution is -0.497. The van der Waals surface area contributed by atoms with Gasteiger partial charge in [0.25, 0.3) is 0 Å². The van der Waals surface area contributed by atoms with Crippen molar-refractivity contribution in [1.29, 1.82) is 0 Å². The van der Waals surface area contributed by atoms with Crippen molar-refractivity contribution in [2.24, 2.45) is 0 Å². The van der Waals surface area contributed by atoms with Crippen molar-refractivity contribution in [3.63, 3.8) is 0 Å². The second-order valence-electron chi connectivity index (χ2n) is 6.93. The number of carbonyl (C=O) groups excluding carboxylic acids is 2. The van der Waals surface area contributed by atoms with Crippen LogP contribution in [0.25, 0.3) is 0 Å². The molecule has 1 amide bonds. The van der Waals surface area contributed by atoms with E-state index < -0.39 is 29.1 Å². The lowest BCUT2D eigenvalue weighted by Gasteiger charge is -2.27. The van der Waals surface area contributed by atoms with E-state index in [-0.39, 0.29) is 12.4 Å². The van der Waals surface area contributed by atoms with E-state index in [0.717, 1.165) is 0 Å². The Labute approximate surface area is 151 Å². The molecule has 0 saturated carbocycles. The Bertz CT molecular complexity index is 642. The molecule has 1 aliphatic rings. The van der Waals surface area contributed by atoms with Gasteiger partial charge in [0.1, 0.15) is 17.4 Å². The number of amides is 1. The monoisotopic (exact) mass is 368 g/mol. The van der Waals surface area contributed by atoms with Gasteiger partial charge < -0.3 is 9.47 Å². The van der Waals surface area contributed by atoms with E-state index in [0.29, 0.717) is 24.9 Å². The summed E-state index contributed by atoms with van der Waals surface area (Å²) in [4.78, 5) is 30.6. The van der Waals surface area contributed by atoms with Crippen LogP contribution >= 0.6 is 0 Å². The SMILES string of the molecule is CC(C)(C)OC(=O)N1CCCC1C(=O)Oc1cccc(CON(O)O)c1. The zero-order chi connectivity index (χ0) is 19.3. The molecule has 1 saturated heterocycles. The molecule has 1 atom stereocenters.